The fraction of sp³-hybridized carbons (Fsp3) is 0.450. The first-order valence-electron chi connectivity index (χ1n) is 8.94. The highest BCUT2D eigenvalue weighted by molar-refractivity contribution is 5.67. The van der Waals surface area contributed by atoms with Gasteiger partial charge in [-0.1, -0.05) is 31.0 Å². The van der Waals surface area contributed by atoms with Crippen LogP contribution in [0.3, 0.4) is 0 Å². The SMILES string of the molecule is CNCc1cccc(-c2ccnc(NC3CCCCC3NC)c2)c1. The van der Waals surface area contributed by atoms with Crippen molar-refractivity contribution >= 4 is 5.82 Å². The molecule has 0 spiro atoms. The highest BCUT2D eigenvalue weighted by Gasteiger charge is 2.23. The lowest BCUT2D eigenvalue weighted by molar-refractivity contribution is 0.361. The van der Waals surface area contributed by atoms with Crippen LogP contribution in [0.4, 0.5) is 5.82 Å². The van der Waals surface area contributed by atoms with Gasteiger partial charge in [-0.15, -0.1) is 0 Å². The molecule has 3 rings (SSSR count). The van der Waals surface area contributed by atoms with Gasteiger partial charge in [-0.25, -0.2) is 4.98 Å². The van der Waals surface area contributed by atoms with Crippen LogP contribution in [-0.2, 0) is 6.54 Å². The molecule has 0 radical (unpaired) electrons. The number of pyridine rings is 1. The number of aromatic nitrogens is 1. The largest absolute Gasteiger partial charge is 0.366 e. The second-order valence-electron chi connectivity index (χ2n) is 6.59. The van der Waals surface area contributed by atoms with E-state index in [0.717, 1.165) is 12.4 Å². The molecule has 3 N–H and O–H groups in total. The third kappa shape index (κ3) is 4.13. The molecule has 0 saturated heterocycles. The summed E-state index contributed by atoms with van der Waals surface area (Å²) in [5.74, 6) is 0.971. The smallest absolute Gasteiger partial charge is 0.126 e. The monoisotopic (exact) mass is 324 g/mol. The number of hydrogen-bond acceptors (Lipinski definition) is 4. The predicted molar refractivity (Wildman–Crippen MR) is 101 cm³/mol. The van der Waals surface area contributed by atoms with Crippen LogP contribution in [0.1, 0.15) is 31.2 Å². The van der Waals surface area contributed by atoms with Crippen molar-refractivity contribution in [3.63, 3.8) is 0 Å². The Bertz CT molecular complexity index is 656. The summed E-state index contributed by atoms with van der Waals surface area (Å²) in [7, 11) is 4.03. The van der Waals surface area contributed by atoms with Gasteiger partial charge in [0.15, 0.2) is 0 Å². The Labute approximate surface area is 145 Å². The van der Waals surface area contributed by atoms with E-state index in [-0.39, 0.29) is 0 Å². The molecular formula is C20H28N4. The van der Waals surface area contributed by atoms with Crippen LogP contribution in [0, 0.1) is 0 Å². The Kier molecular flexibility index (Phi) is 5.83. The molecule has 1 aliphatic rings. The number of benzene rings is 1. The second-order valence-corrected chi connectivity index (χ2v) is 6.59. The minimum absolute atomic E-state index is 0.460. The van der Waals surface area contributed by atoms with Crippen molar-refractivity contribution in [2.75, 3.05) is 19.4 Å². The fourth-order valence-corrected chi connectivity index (χ4v) is 3.59. The summed E-state index contributed by atoms with van der Waals surface area (Å²) in [5.41, 5.74) is 3.74. The summed E-state index contributed by atoms with van der Waals surface area (Å²) >= 11 is 0. The first-order valence-corrected chi connectivity index (χ1v) is 8.94. The van der Waals surface area contributed by atoms with Gasteiger partial charge >= 0.3 is 0 Å². The van der Waals surface area contributed by atoms with Crippen molar-refractivity contribution in [1.82, 2.24) is 15.6 Å². The molecule has 1 aliphatic carbocycles. The first kappa shape index (κ1) is 16.9. The topological polar surface area (TPSA) is 49.0 Å². The van der Waals surface area contributed by atoms with Gasteiger partial charge in [0.2, 0.25) is 0 Å². The molecule has 2 unspecified atom stereocenters. The number of nitrogens with one attached hydrogen (secondary N) is 3. The molecule has 0 amide bonds. The van der Waals surface area contributed by atoms with Crippen LogP contribution < -0.4 is 16.0 Å². The number of rotatable bonds is 6. The van der Waals surface area contributed by atoms with Crippen LogP contribution in [0.15, 0.2) is 42.6 Å². The third-order valence-corrected chi connectivity index (χ3v) is 4.87. The number of nitrogens with zero attached hydrogens (tertiary/aromatic N) is 1. The van der Waals surface area contributed by atoms with Gasteiger partial charge in [0, 0.05) is 24.8 Å². The third-order valence-electron chi connectivity index (χ3n) is 4.87. The van der Waals surface area contributed by atoms with Crippen LogP contribution >= 0.6 is 0 Å². The van der Waals surface area contributed by atoms with Gasteiger partial charge in [-0.3, -0.25) is 0 Å². The van der Waals surface area contributed by atoms with Gasteiger partial charge in [0.1, 0.15) is 5.82 Å². The van der Waals surface area contributed by atoms with E-state index in [4.69, 9.17) is 0 Å². The van der Waals surface area contributed by atoms with Gasteiger partial charge in [0.05, 0.1) is 0 Å². The molecule has 1 aromatic carbocycles. The van der Waals surface area contributed by atoms with E-state index in [2.05, 4.69) is 64.4 Å². The zero-order valence-electron chi connectivity index (χ0n) is 14.7. The maximum Gasteiger partial charge on any atom is 0.126 e. The minimum Gasteiger partial charge on any atom is -0.366 e. The molecule has 4 nitrogen and oxygen atoms in total. The molecule has 0 aliphatic heterocycles. The number of anilines is 1. The average molecular weight is 324 g/mol. The Morgan fingerprint density at radius 1 is 1.00 bits per heavy atom. The van der Waals surface area contributed by atoms with E-state index in [1.165, 1.54) is 42.4 Å². The van der Waals surface area contributed by atoms with Crippen LogP contribution in [-0.4, -0.2) is 31.2 Å². The maximum absolute atomic E-state index is 4.54. The minimum atomic E-state index is 0.460. The Morgan fingerprint density at radius 3 is 2.58 bits per heavy atom. The van der Waals surface area contributed by atoms with Crippen molar-refractivity contribution in [2.45, 2.75) is 44.3 Å². The van der Waals surface area contributed by atoms with Crippen molar-refractivity contribution < 1.29 is 0 Å². The predicted octanol–water partition coefficient (Wildman–Crippen LogP) is 3.41. The van der Waals surface area contributed by atoms with Gasteiger partial charge in [0.25, 0.3) is 0 Å². The molecule has 1 aromatic heterocycles. The molecule has 2 atom stereocenters. The average Bonchev–Trinajstić information content (AvgIpc) is 2.63. The molecule has 0 bridgehead atoms. The summed E-state index contributed by atoms with van der Waals surface area (Å²) in [6.07, 6.45) is 6.95. The summed E-state index contributed by atoms with van der Waals surface area (Å²) in [6, 6.07) is 13.9. The normalized spacial score (nSPS) is 20.8. The standard InChI is InChI=1S/C20H28N4/c1-21-14-15-6-5-7-16(12-15)17-10-11-23-20(13-17)24-19-9-4-3-8-18(19)22-2/h5-7,10-13,18-19,21-22H,3-4,8-9,14H2,1-2H3,(H,23,24). The first-order chi connectivity index (χ1) is 11.8. The maximum atomic E-state index is 4.54. The van der Waals surface area contributed by atoms with Gasteiger partial charge < -0.3 is 16.0 Å². The molecule has 128 valence electrons. The van der Waals surface area contributed by atoms with Crippen molar-refractivity contribution in [3.05, 3.63) is 48.2 Å². The summed E-state index contributed by atoms with van der Waals surface area (Å²) < 4.78 is 0. The zero-order chi connectivity index (χ0) is 16.8. The van der Waals surface area contributed by atoms with Crippen LogP contribution in [0.5, 0.6) is 0 Å². The highest BCUT2D eigenvalue weighted by Crippen LogP contribution is 2.25. The molecule has 1 heterocycles. The van der Waals surface area contributed by atoms with Crippen LogP contribution in [0.25, 0.3) is 11.1 Å². The van der Waals surface area contributed by atoms with E-state index < -0.39 is 0 Å². The Morgan fingerprint density at radius 2 is 1.79 bits per heavy atom. The summed E-state index contributed by atoms with van der Waals surface area (Å²) in [4.78, 5) is 4.54. The second kappa shape index (κ2) is 8.27. The lowest BCUT2D eigenvalue weighted by Gasteiger charge is -2.32. The zero-order valence-corrected chi connectivity index (χ0v) is 14.7. The van der Waals surface area contributed by atoms with Crippen molar-refractivity contribution in [2.24, 2.45) is 0 Å². The van der Waals surface area contributed by atoms with E-state index in [0.29, 0.717) is 12.1 Å². The highest BCUT2D eigenvalue weighted by atomic mass is 15.1. The van der Waals surface area contributed by atoms with Gasteiger partial charge in [-0.2, -0.15) is 0 Å². The lowest BCUT2D eigenvalue weighted by Crippen LogP contribution is -2.44. The van der Waals surface area contributed by atoms with Crippen LogP contribution in [0.2, 0.25) is 0 Å². The molecule has 4 heteroatoms. The van der Waals surface area contributed by atoms with E-state index in [9.17, 15) is 0 Å². The number of likely N-dealkylation sites (N-methyl/N-ethyl adjacent to an activating group) is 1. The summed E-state index contributed by atoms with van der Waals surface area (Å²) in [6.45, 7) is 0.885. The van der Waals surface area contributed by atoms with Crippen molar-refractivity contribution in [3.8, 4) is 11.1 Å². The van der Waals surface area contributed by atoms with Gasteiger partial charge in [-0.05, 0) is 61.8 Å². The molecule has 1 saturated carbocycles. The molecular weight excluding hydrogens is 296 g/mol. The summed E-state index contributed by atoms with van der Waals surface area (Å²) in [5, 5.41) is 10.3. The van der Waals surface area contributed by atoms with E-state index >= 15 is 0 Å². The Hall–Kier alpha value is -1.91. The van der Waals surface area contributed by atoms with Crippen molar-refractivity contribution in [1.29, 1.82) is 0 Å². The Balaban J connectivity index is 1.77. The fourth-order valence-electron chi connectivity index (χ4n) is 3.59. The quantitative estimate of drug-likeness (QED) is 0.762. The lowest BCUT2D eigenvalue weighted by atomic mass is 9.90. The number of hydrogen-bond donors (Lipinski definition) is 3. The molecule has 24 heavy (non-hydrogen) atoms. The molecule has 2 aromatic rings. The van der Waals surface area contributed by atoms with E-state index in [1.807, 2.05) is 13.2 Å². The van der Waals surface area contributed by atoms with E-state index in [1.54, 1.807) is 0 Å². The molecule has 1 fully saturated rings.